The smallest absolute Gasteiger partial charge is 0.230 e. The van der Waals surface area contributed by atoms with E-state index >= 15 is 0 Å². The first kappa shape index (κ1) is 13.0. The number of carbonyl (C=O) groups excluding carboxylic acids is 1. The molecule has 0 aliphatic carbocycles. The summed E-state index contributed by atoms with van der Waals surface area (Å²) in [6.07, 6.45) is 3.44. The summed E-state index contributed by atoms with van der Waals surface area (Å²) in [6, 6.07) is 3.78. The fourth-order valence-corrected chi connectivity index (χ4v) is 1.72. The number of nitrogens with zero attached hydrogens (tertiary/aromatic N) is 1. The van der Waals surface area contributed by atoms with Crippen molar-refractivity contribution in [1.29, 1.82) is 0 Å². The molecule has 1 atom stereocenters. The van der Waals surface area contributed by atoms with Crippen molar-refractivity contribution < 1.29 is 4.79 Å². The van der Waals surface area contributed by atoms with Gasteiger partial charge < -0.3 is 11.1 Å². The molecule has 0 saturated heterocycles. The zero-order chi connectivity index (χ0) is 11.8. The Labute approximate surface area is 100 Å². The standard InChI is InChI=1S/C11H17N3OS/c1-9(6-12)7-14-11(15)8-16-10-2-4-13-5-3-10/h2-5,9H,6-8,12H2,1H3,(H,14,15). The molecule has 88 valence electrons. The lowest BCUT2D eigenvalue weighted by Gasteiger charge is -2.09. The Morgan fingerprint density at radius 2 is 2.25 bits per heavy atom. The molecule has 0 bridgehead atoms. The minimum absolute atomic E-state index is 0.0436. The van der Waals surface area contributed by atoms with Crippen LogP contribution in [-0.2, 0) is 4.79 Å². The highest BCUT2D eigenvalue weighted by atomic mass is 32.2. The van der Waals surface area contributed by atoms with Crippen LogP contribution >= 0.6 is 11.8 Å². The minimum Gasteiger partial charge on any atom is -0.355 e. The third kappa shape index (κ3) is 5.14. The highest BCUT2D eigenvalue weighted by Gasteiger charge is 2.04. The van der Waals surface area contributed by atoms with Gasteiger partial charge in [0.15, 0.2) is 0 Å². The van der Waals surface area contributed by atoms with Gasteiger partial charge in [-0.3, -0.25) is 9.78 Å². The van der Waals surface area contributed by atoms with Crippen molar-refractivity contribution in [1.82, 2.24) is 10.3 Å². The first-order chi connectivity index (χ1) is 7.72. The Bertz CT molecular complexity index is 318. The molecule has 3 N–H and O–H groups in total. The van der Waals surface area contributed by atoms with Crippen molar-refractivity contribution in [2.45, 2.75) is 11.8 Å². The van der Waals surface area contributed by atoms with Crippen LogP contribution in [0, 0.1) is 5.92 Å². The first-order valence-corrected chi connectivity index (χ1v) is 6.20. The van der Waals surface area contributed by atoms with Crippen molar-refractivity contribution >= 4 is 17.7 Å². The Kier molecular flexibility index (Phi) is 5.88. The lowest BCUT2D eigenvalue weighted by Crippen LogP contribution is -2.32. The van der Waals surface area contributed by atoms with Crippen molar-refractivity contribution in [3.05, 3.63) is 24.5 Å². The summed E-state index contributed by atoms with van der Waals surface area (Å²) in [5.41, 5.74) is 5.46. The lowest BCUT2D eigenvalue weighted by atomic mass is 10.2. The van der Waals surface area contributed by atoms with Crippen LogP contribution in [0.5, 0.6) is 0 Å². The Balaban J connectivity index is 2.20. The van der Waals surface area contributed by atoms with E-state index in [1.807, 2.05) is 19.1 Å². The molecule has 1 heterocycles. The van der Waals surface area contributed by atoms with E-state index in [0.29, 0.717) is 24.8 Å². The molecular formula is C11H17N3OS. The molecule has 1 rings (SSSR count). The summed E-state index contributed by atoms with van der Waals surface area (Å²) >= 11 is 1.50. The maximum atomic E-state index is 11.4. The van der Waals surface area contributed by atoms with Gasteiger partial charge in [-0.05, 0) is 24.6 Å². The van der Waals surface area contributed by atoms with Crippen LogP contribution in [0.4, 0.5) is 0 Å². The predicted molar refractivity (Wildman–Crippen MR) is 66.2 cm³/mol. The number of amides is 1. The molecule has 0 aliphatic rings. The van der Waals surface area contributed by atoms with Gasteiger partial charge in [0, 0.05) is 23.8 Å². The molecule has 1 unspecified atom stereocenters. The molecular weight excluding hydrogens is 222 g/mol. The molecule has 0 fully saturated rings. The van der Waals surface area contributed by atoms with E-state index < -0.39 is 0 Å². The number of carbonyl (C=O) groups is 1. The highest BCUT2D eigenvalue weighted by Crippen LogP contribution is 2.15. The number of nitrogens with two attached hydrogens (primary N) is 1. The maximum absolute atomic E-state index is 11.4. The average molecular weight is 239 g/mol. The first-order valence-electron chi connectivity index (χ1n) is 5.22. The number of hydrogen-bond acceptors (Lipinski definition) is 4. The molecule has 0 radical (unpaired) electrons. The van der Waals surface area contributed by atoms with Gasteiger partial charge in [-0.15, -0.1) is 11.8 Å². The van der Waals surface area contributed by atoms with E-state index in [9.17, 15) is 4.79 Å². The number of aromatic nitrogens is 1. The largest absolute Gasteiger partial charge is 0.355 e. The van der Waals surface area contributed by atoms with Crippen molar-refractivity contribution in [3.63, 3.8) is 0 Å². The monoisotopic (exact) mass is 239 g/mol. The van der Waals surface area contributed by atoms with E-state index in [4.69, 9.17) is 5.73 Å². The number of nitrogens with one attached hydrogen (secondary N) is 1. The van der Waals surface area contributed by atoms with Crippen LogP contribution in [-0.4, -0.2) is 29.7 Å². The van der Waals surface area contributed by atoms with Crippen LogP contribution < -0.4 is 11.1 Å². The topological polar surface area (TPSA) is 68.0 Å². The molecule has 5 heteroatoms. The van der Waals surface area contributed by atoms with Crippen molar-refractivity contribution in [2.75, 3.05) is 18.8 Å². The van der Waals surface area contributed by atoms with Gasteiger partial charge in [0.05, 0.1) is 5.75 Å². The Morgan fingerprint density at radius 3 is 2.88 bits per heavy atom. The fourth-order valence-electron chi connectivity index (χ4n) is 1.01. The summed E-state index contributed by atoms with van der Waals surface area (Å²) in [5, 5.41) is 2.85. The predicted octanol–water partition coefficient (Wildman–Crippen LogP) is 0.885. The Morgan fingerprint density at radius 1 is 1.56 bits per heavy atom. The number of rotatable bonds is 6. The Hall–Kier alpha value is -1.07. The lowest BCUT2D eigenvalue weighted by molar-refractivity contribution is -0.118. The van der Waals surface area contributed by atoms with Crippen LogP contribution in [0.3, 0.4) is 0 Å². The molecule has 0 saturated carbocycles. The van der Waals surface area contributed by atoms with Gasteiger partial charge in [-0.2, -0.15) is 0 Å². The summed E-state index contributed by atoms with van der Waals surface area (Å²) in [6.45, 7) is 3.25. The second-order valence-corrected chi connectivity index (χ2v) is 4.67. The number of pyridine rings is 1. The van der Waals surface area contributed by atoms with Crippen molar-refractivity contribution in [2.24, 2.45) is 11.7 Å². The SMILES string of the molecule is CC(CN)CNC(=O)CSc1ccncc1. The van der Waals surface area contributed by atoms with Gasteiger partial charge in [-0.25, -0.2) is 0 Å². The summed E-state index contributed by atoms with van der Waals surface area (Å²) < 4.78 is 0. The minimum atomic E-state index is 0.0436. The van der Waals surface area contributed by atoms with E-state index in [2.05, 4.69) is 10.3 Å². The van der Waals surface area contributed by atoms with Gasteiger partial charge in [0.2, 0.25) is 5.91 Å². The average Bonchev–Trinajstić information content (AvgIpc) is 2.34. The number of thioether (sulfide) groups is 1. The van der Waals surface area contributed by atoms with Crippen LogP contribution in [0.25, 0.3) is 0 Å². The van der Waals surface area contributed by atoms with Crippen LogP contribution in [0.1, 0.15) is 6.92 Å². The van der Waals surface area contributed by atoms with E-state index in [1.54, 1.807) is 12.4 Å². The maximum Gasteiger partial charge on any atom is 0.230 e. The third-order valence-electron chi connectivity index (χ3n) is 2.07. The molecule has 4 nitrogen and oxygen atoms in total. The molecule has 16 heavy (non-hydrogen) atoms. The van der Waals surface area contributed by atoms with Gasteiger partial charge >= 0.3 is 0 Å². The fraction of sp³-hybridized carbons (Fsp3) is 0.455. The molecule has 0 spiro atoms. The summed E-state index contributed by atoms with van der Waals surface area (Å²) in [5.74, 6) is 0.804. The van der Waals surface area contributed by atoms with Gasteiger partial charge in [0.1, 0.15) is 0 Å². The van der Waals surface area contributed by atoms with Crippen LogP contribution in [0.15, 0.2) is 29.4 Å². The van der Waals surface area contributed by atoms with Gasteiger partial charge in [-0.1, -0.05) is 6.92 Å². The summed E-state index contributed by atoms with van der Waals surface area (Å²) in [4.78, 5) is 16.4. The third-order valence-corrected chi connectivity index (χ3v) is 3.08. The second kappa shape index (κ2) is 7.24. The highest BCUT2D eigenvalue weighted by molar-refractivity contribution is 8.00. The van der Waals surface area contributed by atoms with Gasteiger partial charge in [0.25, 0.3) is 0 Å². The summed E-state index contributed by atoms with van der Waals surface area (Å²) in [7, 11) is 0. The van der Waals surface area contributed by atoms with E-state index in [0.717, 1.165) is 4.90 Å². The zero-order valence-corrected chi connectivity index (χ0v) is 10.2. The van der Waals surface area contributed by atoms with Crippen LogP contribution in [0.2, 0.25) is 0 Å². The number of hydrogen-bond donors (Lipinski definition) is 2. The quantitative estimate of drug-likeness (QED) is 0.723. The van der Waals surface area contributed by atoms with E-state index in [1.165, 1.54) is 11.8 Å². The molecule has 1 aromatic heterocycles. The van der Waals surface area contributed by atoms with E-state index in [-0.39, 0.29) is 5.91 Å². The molecule has 0 aromatic carbocycles. The molecule has 1 amide bonds. The molecule has 0 aliphatic heterocycles. The zero-order valence-electron chi connectivity index (χ0n) is 9.35. The van der Waals surface area contributed by atoms with Crippen molar-refractivity contribution in [3.8, 4) is 0 Å². The normalized spacial score (nSPS) is 12.1. The second-order valence-electron chi connectivity index (χ2n) is 3.62. The molecule has 1 aromatic rings.